The second-order valence-corrected chi connectivity index (χ2v) is 12.7. The highest BCUT2D eigenvalue weighted by Crippen LogP contribution is 2.21. The number of halogens is 1. The minimum atomic E-state index is -3.58. The predicted octanol–water partition coefficient (Wildman–Crippen LogP) is 5.54. The molecule has 0 heterocycles. The standard InChI is InChI=1S/C35H38ClN3O5S/c1-3-38-45(42,43)31-20-15-26(16-21-31)17-22-34(40)39(25-28-13-18-30(36)19-14-28)32(23-27-9-5-4-6-10-27)35(41)37-24-29-11-7-8-12-33(29)44-2/h4-16,18-21,32,38H,3,17,22-25H2,1-2H3,(H,37,41)/t32-/m0/s1. The second-order valence-electron chi connectivity index (χ2n) is 10.5. The molecule has 0 saturated carbocycles. The molecule has 4 aromatic rings. The molecule has 8 nitrogen and oxygen atoms in total. The average molecular weight is 648 g/mol. The van der Waals surface area contributed by atoms with E-state index in [9.17, 15) is 18.0 Å². The maximum atomic E-state index is 14.0. The number of carbonyl (C=O) groups excluding carboxylic acids is 2. The molecular formula is C35H38ClN3O5S. The van der Waals surface area contributed by atoms with Gasteiger partial charge in [0.05, 0.1) is 12.0 Å². The number of hydrogen-bond donors (Lipinski definition) is 2. The van der Waals surface area contributed by atoms with E-state index in [1.807, 2.05) is 66.7 Å². The number of nitrogens with zero attached hydrogens (tertiary/aromatic N) is 1. The lowest BCUT2D eigenvalue weighted by atomic mass is 10.0. The van der Waals surface area contributed by atoms with Gasteiger partial charge in [0.15, 0.2) is 0 Å². The van der Waals surface area contributed by atoms with Gasteiger partial charge in [-0.05, 0) is 53.4 Å². The Bertz CT molecular complexity index is 1660. The fourth-order valence-corrected chi connectivity index (χ4v) is 6.16. The second kappa shape index (κ2) is 16.2. The van der Waals surface area contributed by atoms with Crippen LogP contribution in [-0.2, 0) is 45.5 Å². The number of nitrogens with one attached hydrogen (secondary N) is 2. The number of para-hydroxylation sites is 1. The summed E-state index contributed by atoms with van der Waals surface area (Å²) in [6, 6.07) is 30.0. The van der Waals surface area contributed by atoms with Gasteiger partial charge in [-0.25, -0.2) is 13.1 Å². The number of sulfonamides is 1. The van der Waals surface area contributed by atoms with Crippen LogP contribution in [0.3, 0.4) is 0 Å². The Balaban J connectivity index is 1.60. The molecule has 0 fully saturated rings. The van der Waals surface area contributed by atoms with Crippen molar-refractivity contribution >= 4 is 33.4 Å². The third-order valence-electron chi connectivity index (χ3n) is 7.38. The molecule has 0 spiro atoms. The number of ether oxygens (including phenoxy) is 1. The number of amides is 2. The first-order chi connectivity index (χ1) is 21.7. The summed E-state index contributed by atoms with van der Waals surface area (Å²) in [6.45, 7) is 2.45. The van der Waals surface area contributed by atoms with Crippen molar-refractivity contribution in [2.75, 3.05) is 13.7 Å². The molecule has 45 heavy (non-hydrogen) atoms. The summed E-state index contributed by atoms with van der Waals surface area (Å²) in [5.41, 5.74) is 3.38. The zero-order valence-electron chi connectivity index (χ0n) is 25.4. The van der Waals surface area contributed by atoms with Crippen molar-refractivity contribution in [3.8, 4) is 5.75 Å². The molecular weight excluding hydrogens is 610 g/mol. The Hall–Kier alpha value is -4.18. The molecule has 2 N–H and O–H groups in total. The van der Waals surface area contributed by atoms with Crippen molar-refractivity contribution in [1.29, 1.82) is 0 Å². The molecule has 0 aromatic heterocycles. The van der Waals surface area contributed by atoms with Crippen LogP contribution in [0.1, 0.15) is 35.6 Å². The van der Waals surface area contributed by atoms with E-state index in [1.54, 1.807) is 43.2 Å². The summed E-state index contributed by atoms with van der Waals surface area (Å²) < 4.78 is 32.6. The molecule has 10 heteroatoms. The summed E-state index contributed by atoms with van der Waals surface area (Å²) in [7, 11) is -1.99. The molecule has 236 valence electrons. The molecule has 4 aromatic carbocycles. The number of aryl methyl sites for hydroxylation is 1. The maximum absolute atomic E-state index is 14.0. The monoisotopic (exact) mass is 647 g/mol. The van der Waals surface area contributed by atoms with E-state index in [0.717, 1.165) is 22.3 Å². The van der Waals surface area contributed by atoms with Crippen molar-refractivity contribution in [2.45, 2.75) is 50.2 Å². The van der Waals surface area contributed by atoms with Crippen LogP contribution in [0.5, 0.6) is 5.75 Å². The van der Waals surface area contributed by atoms with Gasteiger partial charge in [-0.3, -0.25) is 9.59 Å². The van der Waals surface area contributed by atoms with Crippen LogP contribution < -0.4 is 14.8 Å². The van der Waals surface area contributed by atoms with E-state index in [4.69, 9.17) is 16.3 Å². The van der Waals surface area contributed by atoms with Crippen LogP contribution in [0.4, 0.5) is 0 Å². The molecule has 0 aliphatic rings. The molecule has 1 atom stereocenters. The first-order valence-electron chi connectivity index (χ1n) is 14.8. The van der Waals surface area contributed by atoms with Crippen LogP contribution in [0.25, 0.3) is 0 Å². The van der Waals surface area contributed by atoms with E-state index in [1.165, 1.54) is 12.1 Å². The van der Waals surface area contributed by atoms with Gasteiger partial charge in [-0.15, -0.1) is 0 Å². The first kappa shape index (κ1) is 33.7. The average Bonchev–Trinajstić information content (AvgIpc) is 3.05. The Labute approximate surface area is 270 Å². The van der Waals surface area contributed by atoms with Gasteiger partial charge in [0.25, 0.3) is 0 Å². The van der Waals surface area contributed by atoms with Crippen molar-refractivity contribution in [3.05, 3.63) is 130 Å². The predicted molar refractivity (Wildman–Crippen MR) is 176 cm³/mol. The topological polar surface area (TPSA) is 105 Å². The van der Waals surface area contributed by atoms with Crippen molar-refractivity contribution in [2.24, 2.45) is 0 Å². The molecule has 0 unspecified atom stereocenters. The molecule has 2 amide bonds. The van der Waals surface area contributed by atoms with Gasteiger partial charge in [0, 0.05) is 43.1 Å². The highest BCUT2D eigenvalue weighted by Gasteiger charge is 2.30. The lowest BCUT2D eigenvalue weighted by molar-refractivity contribution is -0.141. The van der Waals surface area contributed by atoms with Crippen LogP contribution in [-0.4, -0.2) is 44.8 Å². The molecule has 0 bridgehead atoms. The first-order valence-corrected chi connectivity index (χ1v) is 16.6. The summed E-state index contributed by atoms with van der Waals surface area (Å²) >= 11 is 6.13. The third kappa shape index (κ3) is 9.65. The molecule has 0 radical (unpaired) electrons. The van der Waals surface area contributed by atoms with Gasteiger partial charge in [0.2, 0.25) is 21.8 Å². The zero-order valence-corrected chi connectivity index (χ0v) is 27.0. The summed E-state index contributed by atoms with van der Waals surface area (Å²) in [6.07, 6.45) is 0.811. The van der Waals surface area contributed by atoms with E-state index in [2.05, 4.69) is 10.0 Å². The van der Waals surface area contributed by atoms with Crippen LogP contribution in [0.15, 0.2) is 108 Å². The fraction of sp³-hybridized carbons (Fsp3) is 0.257. The zero-order chi connectivity index (χ0) is 32.2. The molecule has 0 aliphatic heterocycles. The highest BCUT2D eigenvalue weighted by molar-refractivity contribution is 7.89. The van der Waals surface area contributed by atoms with Crippen molar-refractivity contribution in [3.63, 3.8) is 0 Å². The van der Waals surface area contributed by atoms with Crippen LogP contribution >= 0.6 is 11.6 Å². The minimum absolute atomic E-state index is 0.123. The lowest BCUT2D eigenvalue weighted by Gasteiger charge is -2.32. The fourth-order valence-electron chi connectivity index (χ4n) is 4.99. The van der Waals surface area contributed by atoms with Crippen molar-refractivity contribution < 1.29 is 22.7 Å². The largest absolute Gasteiger partial charge is 0.496 e. The van der Waals surface area contributed by atoms with Crippen molar-refractivity contribution in [1.82, 2.24) is 14.9 Å². The normalized spacial score (nSPS) is 11.9. The summed E-state index contributed by atoms with van der Waals surface area (Å²) in [5, 5.41) is 3.61. The van der Waals surface area contributed by atoms with Crippen LogP contribution in [0.2, 0.25) is 5.02 Å². The Morgan fingerprint density at radius 2 is 1.49 bits per heavy atom. The Morgan fingerprint density at radius 3 is 2.16 bits per heavy atom. The molecule has 0 aliphatic carbocycles. The summed E-state index contributed by atoms with van der Waals surface area (Å²) in [5.74, 6) is 0.170. The Morgan fingerprint density at radius 1 is 0.844 bits per heavy atom. The third-order valence-corrected chi connectivity index (χ3v) is 9.19. The molecule has 0 saturated heterocycles. The molecule has 4 rings (SSSR count). The number of benzene rings is 4. The van der Waals surface area contributed by atoms with Gasteiger partial charge in [-0.2, -0.15) is 0 Å². The van der Waals surface area contributed by atoms with E-state index in [-0.39, 0.29) is 36.2 Å². The lowest BCUT2D eigenvalue weighted by Crippen LogP contribution is -2.50. The van der Waals surface area contributed by atoms with E-state index < -0.39 is 16.1 Å². The smallest absolute Gasteiger partial charge is 0.243 e. The quantitative estimate of drug-likeness (QED) is 0.176. The highest BCUT2D eigenvalue weighted by atomic mass is 35.5. The SMILES string of the molecule is CCNS(=O)(=O)c1ccc(CCC(=O)N(Cc2ccc(Cl)cc2)[C@@H](Cc2ccccc2)C(=O)NCc2ccccc2OC)cc1. The number of methoxy groups -OCH3 is 1. The van der Waals surface area contributed by atoms with Crippen LogP contribution in [0, 0.1) is 0 Å². The number of rotatable bonds is 15. The van der Waals surface area contributed by atoms with E-state index >= 15 is 0 Å². The number of hydrogen-bond acceptors (Lipinski definition) is 5. The summed E-state index contributed by atoms with van der Waals surface area (Å²) in [4.78, 5) is 29.7. The van der Waals surface area contributed by atoms with Gasteiger partial charge >= 0.3 is 0 Å². The van der Waals surface area contributed by atoms with Gasteiger partial charge in [-0.1, -0.05) is 91.3 Å². The Kier molecular flexibility index (Phi) is 12.2. The van der Waals surface area contributed by atoms with E-state index in [0.29, 0.717) is 30.2 Å². The minimum Gasteiger partial charge on any atom is -0.496 e. The maximum Gasteiger partial charge on any atom is 0.243 e. The van der Waals surface area contributed by atoms with Gasteiger partial charge in [0.1, 0.15) is 11.8 Å². The van der Waals surface area contributed by atoms with Gasteiger partial charge < -0.3 is 15.0 Å². The number of carbonyl (C=O) groups is 2.